The molecular formula is C11H20O2SSi. The zero-order valence-corrected chi connectivity index (χ0v) is 11.8. The van der Waals surface area contributed by atoms with Crippen molar-refractivity contribution < 1.29 is 9.84 Å². The Morgan fingerprint density at radius 2 is 2.07 bits per heavy atom. The molecule has 0 bridgehead atoms. The molecule has 86 valence electrons. The van der Waals surface area contributed by atoms with Crippen LogP contribution in [0.2, 0.25) is 25.7 Å². The highest BCUT2D eigenvalue weighted by Crippen LogP contribution is 2.32. The summed E-state index contributed by atoms with van der Waals surface area (Å²) in [5, 5.41) is 11.2. The molecule has 1 heterocycles. The van der Waals surface area contributed by atoms with E-state index in [9.17, 15) is 0 Å². The highest BCUT2D eigenvalue weighted by molar-refractivity contribution is 7.10. The Morgan fingerprint density at radius 1 is 1.40 bits per heavy atom. The molecule has 4 heteroatoms. The summed E-state index contributed by atoms with van der Waals surface area (Å²) in [4.78, 5) is 0.947. The third kappa shape index (κ3) is 3.63. The van der Waals surface area contributed by atoms with Crippen molar-refractivity contribution in [3.05, 3.63) is 15.8 Å². The van der Waals surface area contributed by atoms with Gasteiger partial charge in [-0.1, -0.05) is 25.7 Å². The fourth-order valence-electron chi connectivity index (χ4n) is 1.46. The number of aliphatic hydroxyl groups excluding tert-OH is 1. The molecular weight excluding hydrogens is 224 g/mol. The first kappa shape index (κ1) is 12.7. The summed E-state index contributed by atoms with van der Waals surface area (Å²) in [6, 6.07) is 1.27. The number of aliphatic hydroxyl groups is 1. The van der Waals surface area contributed by atoms with Crippen LogP contribution >= 0.6 is 11.3 Å². The second kappa shape index (κ2) is 5.14. The average molecular weight is 244 g/mol. The molecule has 0 aliphatic rings. The van der Waals surface area contributed by atoms with Gasteiger partial charge in [-0.05, 0) is 11.8 Å². The van der Waals surface area contributed by atoms with E-state index >= 15 is 0 Å². The summed E-state index contributed by atoms with van der Waals surface area (Å²) in [6.45, 7) is 7.21. The van der Waals surface area contributed by atoms with Crippen molar-refractivity contribution in [2.75, 3.05) is 7.11 Å². The minimum absolute atomic E-state index is 0.0841. The summed E-state index contributed by atoms with van der Waals surface area (Å²) in [7, 11) is 0.690. The van der Waals surface area contributed by atoms with Crippen LogP contribution in [0, 0.1) is 0 Å². The largest absolute Gasteiger partial charge is 0.495 e. The SMILES string of the molecule is COc1c(CC[Si](C)(C)C)csc1CO. The van der Waals surface area contributed by atoms with Gasteiger partial charge in [0.1, 0.15) is 5.75 Å². The number of ether oxygens (including phenoxy) is 1. The first-order valence-corrected chi connectivity index (χ1v) is 9.80. The Balaban J connectivity index is 2.73. The molecule has 0 saturated carbocycles. The van der Waals surface area contributed by atoms with Crippen molar-refractivity contribution in [1.29, 1.82) is 0 Å². The summed E-state index contributed by atoms with van der Waals surface area (Å²) in [6.07, 6.45) is 1.08. The maximum atomic E-state index is 9.13. The lowest BCUT2D eigenvalue weighted by Gasteiger charge is -2.15. The molecule has 1 rings (SSSR count). The fraction of sp³-hybridized carbons (Fsp3) is 0.636. The van der Waals surface area contributed by atoms with Gasteiger partial charge in [0.2, 0.25) is 0 Å². The zero-order valence-electron chi connectivity index (χ0n) is 9.96. The van der Waals surface area contributed by atoms with Gasteiger partial charge in [0.15, 0.2) is 0 Å². The quantitative estimate of drug-likeness (QED) is 0.806. The van der Waals surface area contributed by atoms with Gasteiger partial charge in [0.25, 0.3) is 0 Å². The van der Waals surface area contributed by atoms with Gasteiger partial charge >= 0.3 is 0 Å². The first-order chi connectivity index (χ1) is 6.98. The van der Waals surface area contributed by atoms with E-state index in [-0.39, 0.29) is 6.61 Å². The molecule has 0 aliphatic carbocycles. The van der Waals surface area contributed by atoms with E-state index in [4.69, 9.17) is 9.84 Å². The van der Waals surface area contributed by atoms with Crippen LogP contribution in [0.15, 0.2) is 5.38 Å². The van der Waals surface area contributed by atoms with Gasteiger partial charge < -0.3 is 9.84 Å². The average Bonchev–Trinajstić information content (AvgIpc) is 2.55. The Bertz CT molecular complexity index is 315. The number of hydrogen-bond donors (Lipinski definition) is 1. The zero-order chi connectivity index (χ0) is 11.5. The van der Waals surface area contributed by atoms with E-state index in [1.165, 1.54) is 11.6 Å². The molecule has 2 nitrogen and oxygen atoms in total. The van der Waals surface area contributed by atoms with Gasteiger partial charge in [0.05, 0.1) is 18.6 Å². The maximum Gasteiger partial charge on any atom is 0.138 e. The van der Waals surface area contributed by atoms with Crippen LogP contribution in [0.5, 0.6) is 5.75 Å². The topological polar surface area (TPSA) is 29.5 Å². The van der Waals surface area contributed by atoms with Crippen LogP contribution in [0.3, 0.4) is 0 Å². The first-order valence-electron chi connectivity index (χ1n) is 5.22. The molecule has 0 spiro atoms. The fourth-order valence-corrected chi connectivity index (χ4v) is 3.39. The van der Waals surface area contributed by atoms with Crippen LogP contribution in [-0.4, -0.2) is 20.3 Å². The summed E-state index contributed by atoms with van der Waals surface area (Å²) >= 11 is 1.59. The molecule has 0 radical (unpaired) electrons. The molecule has 15 heavy (non-hydrogen) atoms. The molecule has 0 aromatic carbocycles. The van der Waals surface area contributed by atoms with Crippen molar-refractivity contribution in [1.82, 2.24) is 0 Å². The number of aryl methyl sites for hydroxylation is 1. The molecule has 0 amide bonds. The lowest BCUT2D eigenvalue weighted by molar-refractivity contribution is 0.278. The summed E-state index contributed by atoms with van der Waals surface area (Å²) in [5.74, 6) is 0.903. The highest BCUT2D eigenvalue weighted by atomic mass is 32.1. The van der Waals surface area contributed by atoms with Crippen molar-refractivity contribution in [2.45, 2.75) is 38.7 Å². The lowest BCUT2D eigenvalue weighted by Crippen LogP contribution is -2.19. The van der Waals surface area contributed by atoms with Gasteiger partial charge in [-0.15, -0.1) is 11.3 Å². The highest BCUT2D eigenvalue weighted by Gasteiger charge is 2.16. The van der Waals surface area contributed by atoms with Crippen molar-refractivity contribution >= 4 is 19.4 Å². The minimum atomic E-state index is -0.990. The van der Waals surface area contributed by atoms with Crippen LogP contribution in [-0.2, 0) is 13.0 Å². The van der Waals surface area contributed by atoms with Gasteiger partial charge in [-0.2, -0.15) is 0 Å². The summed E-state index contributed by atoms with van der Waals surface area (Å²) in [5.41, 5.74) is 1.26. The molecule has 1 N–H and O–H groups in total. The number of hydrogen-bond acceptors (Lipinski definition) is 3. The van der Waals surface area contributed by atoms with E-state index < -0.39 is 8.07 Å². The molecule has 0 fully saturated rings. The second-order valence-corrected chi connectivity index (χ2v) is 11.5. The normalized spacial score (nSPS) is 11.8. The van der Waals surface area contributed by atoms with Crippen LogP contribution < -0.4 is 4.74 Å². The van der Waals surface area contributed by atoms with Crippen molar-refractivity contribution in [2.24, 2.45) is 0 Å². The van der Waals surface area contributed by atoms with Crippen molar-refractivity contribution in [3.8, 4) is 5.75 Å². The Labute approximate surface area is 96.9 Å². The molecule has 0 aliphatic heterocycles. The Kier molecular flexibility index (Phi) is 4.37. The standard InChI is InChI=1S/C11H20O2SSi/c1-13-11-9(5-6-15(2,3)4)8-14-10(11)7-12/h8,12H,5-7H2,1-4H3. The number of rotatable bonds is 5. The van der Waals surface area contributed by atoms with Crippen LogP contribution in [0.4, 0.5) is 0 Å². The number of thiophene rings is 1. The number of methoxy groups -OCH3 is 1. The minimum Gasteiger partial charge on any atom is -0.495 e. The maximum absolute atomic E-state index is 9.13. The predicted molar refractivity (Wildman–Crippen MR) is 68.7 cm³/mol. The van der Waals surface area contributed by atoms with Gasteiger partial charge in [0, 0.05) is 13.6 Å². The van der Waals surface area contributed by atoms with E-state index in [2.05, 4.69) is 25.0 Å². The lowest BCUT2D eigenvalue weighted by atomic mass is 10.2. The Morgan fingerprint density at radius 3 is 2.53 bits per heavy atom. The third-order valence-corrected chi connectivity index (χ3v) is 5.13. The van der Waals surface area contributed by atoms with Crippen LogP contribution in [0.25, 0.3) is 0 Å². The van der Waals surface area contributed by atoms with E-state index in [0.29, 0.717) is 0 Å². The molecule has 1 aromatic heterocycles. The van der Waals surface area contributed by atoms with Gasteiger partial charge in [-0.25, -0.2) is 0 Å². The smallest absolute Gasteiger partial charge is 0.138 e. The second-order valence-electron chi connectivity index (χ2n) is 4.94. The monoisotopic (exact) mass is 244 g/mol. The molecule has 0 atom stereocenters. The summed E-state index contributed by atoms with van der Waals surface area (Å²) < 4.78 is 5.34. The van der Waals surface area contributed by atoms with E-state index in [1.807, 2.05) is 0 Å². The Hall–Kier alpha value is -0.323. The third-order valence-electron chi connectivity index (χ3n) is 2.38. The molecule has 1 aromatic rings. The molecule has 0 unspecified atom stereocenters. The molecule has 0 saturated heterocycles. The van der Waals surface area contributed by atoms with Crippen LogP contribution in [0.1, 0.15) is 10.4 Å². The predicted octanol–water partition coefficient (Wildman–Crippen LogP) is 3.13. The van der Waals surface area contributed by atoms with E-state index in [0.717, 1.165) is 17.0 Å². The van der Waals surface area contributed by atoms with E-state index in [1.54, 1.807) is 18.4 Å². The van der Waals surface area contributed by atoms with Gasteiger partial charge in [-0.3, -0.25) is 0 Å². The van der Waals surface area contributed by atoms with Crippen molar-refractivity contribution in [3.63, 3.8) is 0 Å².